The van der Waals surface area contributed by atoms with E-state index in [9.17, 15) is 13.2 Å². The first-order valence-electron chi connectivity index (χ1n) is 8.60. The van der Waals surface area contributed by atoms with E-state index in [1.165, 1.54) is 16.7 Å². The molecular formula is C18H21NO4S3. The van der Waals surface area contributed by atoms with E-state index < -0.39 is 9.84 Å². The lowest BCUT2D eigenvalue weighted by Crippen LogP contribution is -2.39. The number of ether oxygens (including phenoxy) is 1. The summed E-state index contributed by atoms with van der Waals surface area (Å²) in [6.45, 7) is 2.81. The van der Waals surface area contributed by atoms with Gasteiger partial charge in [0.2, 0.25) is 0 Å². The Morgan fingerprint density at radius 2 is 2.08 bits per heavy atom. The number of nitrogens with zero attached hydrogens (tertiary/aromatic N) is 1. The zero-order chi connectivity index (χ0) is 18.7. The van der Waals surface area contributed by atoms with Gasteiger partial charge in [0.05, 0.1) is 29.1 Å². The summed E-state index contributed by atoms with van der Waals surface area (Å²) in [5.74, 6) is 0.716. The molecular weight excluding hydrogens is 390 g/mol. The maximum Gasteiger partial charge on any atom is 0.266 e. The molecule has 2 aliphatic heterocycles. The standard InChI is InChI=1S/C18H21NO4S3/c1-2-3-9-23-15-6-4-13(5-7-15)11-16-17(20)19(18(24)25-16)14-8-10-26(21,22)12-14/h4-7,11,14H,2-3,8-10,12H2,1H3/b16-11-/t14-/m1/s1. The highest BCUT2D eigenvalue weighted by Gasteiger charge is 2.42. The molecule has 1 aromatic rings. The van der Waals surface area contributed by atoms with Gasteiger partial charge < -0.3 is 4.74 Å². The van der Waals surface area contributed by atoms with Gasteiger partial charge in [-0.3, -0.25) is 9.69 Å². The lowest BCUT2D eigenvalue weighted by atomic mass is 10.2. The maximum atomic E-state index is 12.7. The molecule has 0 aliphatic carbocycles. The number of carbonyl (C=O) groups is 1. The Bertz CT molecular complexity index is 830. The SMILES string of the molecule is CCCCOc1ccc(/C=C2\SC(=S)N([C@@H]3CCS(=O)(=O)C3)C2=O)cc1. The van der Waals surface area contributed by atoms with Crippen molar-refractivity contribution in [2.45, 2.75) is 32.2 Å². The summed E-state index contributed by atoms with van der Waals surface area (Å²) < 4.78 is 29.5. The number of unbranched alkanes of at least 4 members (excludes halogenated alkanes) is 1. The van der Waals surface area contributed by atoms with Gasteiger partial charge in [-0.2, -0.15) is 0 Å². The third-order valence-corrected chi connectivity index (χ3v) is 7.42. The molecule has 5 nitrogen and oxygen atoms in total. The molecule has 140 valence electrons. The molecule has 2 fully saturated rings. The molecule has 0 unspecified atom stereocenters. The number of rotatable bonds is 6. The minimum Gasteiger partial charge on any atom is -0.494 e. The summed E-state index contributed by atoms with van der Waals surface area (Å²) in [5, 5.41) is 0. The molecule has 0 N–H and O–H groups in total. The smallest absolute Gasteiger partial charge is 0.266 e. The Labute approximate surface area is 163 Å². The molecule has 0 radical (unpaired) electrons. The van der Waals surface area contributed by atoms with Crippen molar-refractivity contribution in [1.82, 2.24) is 4.90 Å². The van der Waals surface area contributed by atoms with Crippen molar-refractivity contribution < 1.29 is 17.9 Å². The summed E-state index contributed by atoms with van der Waals surface area (Å²) in [4.78, 5) is 14.7. The molecule has 3 rings (SSSR count). The van der Waals surface area contributed by atoms with E-state index in [-0.39, 0.29) is 23.5 Å². The molecule has 26 heavy (non-hydrogen) atoms. The summed E-state index contributed by atoms with van der Waals surface area (Å²) in [5.41, 5.74) is 0.882. The Kier molecular flexibility index (Phi) is 6.04. The van der Waals surface area contributed by atoms with Gasteiger partial charge in [0.1, 0.15) is 10.1 Å². The molecule has 0 aromatic heterocycles. The Hall–Kier alpha value is -1.38. The van der Waals surface area contributed by atoms with Crippen LogP contribution in [0.15, 0.2) is 29.2 Å². The van der Waals surface area contributed by atoms with Gasteiger partial charge >= 0.3 is 0 Å². The summed E-state index contributed by atoms with van der Waals surface area (Å²) >= 11 is 6.54. The number of sulfone groups is 1. The monoisotopic (exact) mass is 411 g/mol. The van der Waals surface area contributed by atoms with Gasteiger partial charge in [-0.1, -0.05) is 49.5 Å². The maximum absolute atomic E-state index is 12.7. The Morgan fingerprint density at radius 1 is 1.35 bits per heavy atom. The molecule has 0 saturated carbocycles. The number of thioether (sulfide) groups is 1. The van der Waals surface area contributed by atoms with Crippen LogP contribution in [0, 0.1) is 0 Å². The number of benzene rings is 1. The van der Waals surface area contributed by atoms with Gasteiger partial charge in [-0.05, 0) is 36.6 Å². The topological polar surface area (TPSA) is 63.7 Å². The zero-order valence-corrected chi connectivity index (χ0v) is 17.0. The predicted molar refractivity (Wildman–Crippen MR) is 109 cm³/mol. The van der Waals surface area contributed by atoms with Crippen molar-refractivity contribution in [3.05, 3.63) is 34.7 Å². The average molecular weight is 412 g/mol. The van der Waals surface area contributed by atoms with E-state index in [1.807, 2.05) is 24.3 Å². The number of hydrogen-bond acceptors (Lipinski definition) is 6. The van der Waals surface area contributed by atoms with Crippen LogP contribution in [0.3, 0.4) is 0 Å². The van der Waals surface area contributed by atoms with Crippen molar-refractivity contribution in [1.29, 1.82) is 0 Å². The van der Waals surface area contributed by atoms with Crippen molar-refractivity contribution in [2.75, 3.05) is 18.1 Å². The highest BCUT2D eigenvalue weighted by molar-refractivity contribution is 8.26. The van der Waals surface area contributed by atoms with Crippen LogP contribution < -0.4 is 4.74 Å². The largest absolute Gasteiger partial charge is 0.494 e. The second kappa shape index (κ2) is 8.10. The first kappa shape index (κ1) is 19.4. The molecule has 0 bridgehead atoms. The fourth-order valence-corrected chi connectivity index (χ4v) is 6.02. The van der Waals surface area contributed by atoms with E-state index >= 15 is 0 Å². The van der Waals surface area contributed by atoms with Gasteiger partial charge in [0.25, 0.3) is 5.91 Å². The van der Waals surface area contributed by atoms with E-state index in [0.29, 0.717) is 22.3 Å². The highest BCUT2D eigenvalue weighted by Crippen LogP contribution is 2.36. The van der Waals surface area contributed by atoms with Crippen molar-refractivity contribution >= 4 is 50.1 Å². The molecule has 0 spiro atoms. The minimum atomic E-state index is -3.07. The third kappa shape index (κ3) is 4.47. The van der Waals surface area contributed by atoms with Crippen LogP contribution in [-0.4, -0.2) is 47.7 Å². The highest BCUT2D eigenvalue weighted by atomic mass is 32.2. The molecule has 1 atom stereocenters. The Morgan fingerprint density at radius 3 is 2.69 bits per heavy atom. The van der Waals surface area contributed by atoms with Gasteiger partial charge in [0, 0.05) is 0 Å². The van der Waals surface area contributed by atoms with Crippen molar-refractivity contribution in [2.24, 2.45) is 0 Å². The molecule has 2 saturated heterocycles. The molecule has 2 heterocycles. The van der Waals surface area contributed by atoms with E-state index in [1.54, 1.807) is 6.08 Å². The number of thiocarbonyl (C=S) groups is 1. The molecule has 1 amide bonds. The predicted octanol–water partition coefficient (Wildman–Crippen LogP) is 3.25. The fraction of sp³-hybridized carbons (Fsp3) is 0.444. The molecule has 8 heteroatoms. The van der Waals surface area contributed by atoms with Crippen LogP contribution in [0.2, 0.25) is 0 Å². The number of amides is 1. The van der Waals surface area contributed by atoms with E-state index in [0.717, 1.165) is 24.2 Å². The summed E-state index contributed by atoms with van der Waals surface area (Å²) in [6.07, 6.45) is 4.34. The Balaban J connectivity index is 1.70. The first-order chi connectivity index (χ1) is 12.4. The normalized spacial score (nSPS) is 23.8. The van der Waals surface area contributed by atoms with Crippen molar-refractivity contribution in [3.63, 3.8) is 0 Å². The van der Waals surface area contributed by atoms with Crippen LogP contribution in [-0.2, 0) is 14.6 Å². The van der Waals surface area contributed by atoms with Crippen LogP contribution in [0.5, 0.6) is 5.75 Å². The lowest BCUT2D eigenvalue weighted by molar-refractivity contribution is -0.123. The number of hydrogen-bond donors (Lipinski definition) is 0. The van der Waals surface area contributed by atoms with E-state index in [2.05, 4.69) is 6.92 Å². The van der Waals surface area contributed by atoms with Crippen LogP contribution in [0.1, 0.15) is 31.7 Å². The van der Waals surface area contributed by atoms with Crippen LogP contribution in [0.25, 0.3) is 6.08 Å². The minimum absolute atomic E-state index is 0.00346. The van der Waals surface area contributed by atoms with Crippen LogP contribution in [0.4, 0.5) is 0 Å². The molecule has 1 aromatic carbocycles. The lowest BCUT2D eigenvalue weighted by Gasteiger charge is -2.20. The number of carbonyl (C=O) groups excluding carboxylic acids is 1. The summed E-state index contributed by atoms with van der Waals surface area (Å²) in [6, 6.07) is 7.21. The summed E-state index contributed by atoms with van der Waals surface area (Å²) in [7, 11) is -3.07. The quantitative estimate of drug-likeness (QED) is 0.407. The fourth-order valence-electron chi connectivity index (χ4n) is 2.92. The second-order valence-electron chi connectivity index (χ2n) is 6.38. The molecule has 2 aliphatic rings. The van der Waals surface area contributed by atoms with Gasteiger partial charge in [-0.25, -0.2) is 8.42 Å². The average Bonchev–Trinajstić information content (AvgIpc) is 3.08. The van der Waals surface area contributed by atoms with Gasteiger partial charge in [-0.15, -0.1) is 0 Å². The zero-order valence-electron chi connectivity index (χ0n) is 14.5. The van der Waals surface area contributed by atoms with E-state index in [4.69, 9.17) is 17.0 Å². The first-order valence-corrected chi connectivity index (χ1v) is 11.6. The van der Waals surface area contributed by atoms with Crippen molar-refractivity contribution in [3.8, 4) is 5.75 Å². The second-order valence-corrected chi connectivity index (χ2v) is 10.3. The third-order valence-electron chi connectivity index (χ3n) is 4.34. The van der Waals surface area contributed by atoms with Crippen LogP contribution >= 0.6 is 24.0 Å². The van der Waals surface area contributed by atoms with Gasteiger partial charge in [0.15, 0.2) is 9.84 Å².